The predicted octanol–water partition coefficient (Wildman–Crippen LogP) is 1.75. The van der Waals surface area contributed by atoms with Gasteiger partial charge in [-0.05, 0) is 31.9 Å². The first kappa shape index (κ1) is 8.65. The van der Waals surface area contributed by atoms with Crippen molar-refractivity contribution in [1.29, 1.82) is 0 Å². The largest absolute Gasteiger partial charge is 0.271 e. The molecule has 0 radical (unpaired) electrons. The molecule has 1 aromatic rings. The van der Waals surface area contributed by atoms with Gasteiger partial charge in [0.1, 0.15) is 0 Å². The Labute approximate surface area is 87.7 Å². The maximum atomic E-state index is 11.9. The van der Waals surface area contributed by atoms with Gasteiger partial charge >= 0.3 is 0 Å². The second-order valence-corrected chi connectivity index (χ2v) is 4.26. The molecule has 3 heteroatoms. The van der Waals surface area contributed by atoms with Crippen molar-refractivity contribution in [2.75, 3.05) is 0 Å². The standard InChI is InChI=1S/C12H11NO2/c1-7-2-5-9-10(6-7)12(15)13(11(9)14)8-3-4-8/h2,5-6,8H,3-4H2,1H3. The summed E-state index contributed by atoms with van der Waals surface area (Å²) in [5, 5.41) is 0. The highest BCUT2D eigenvalue weighted by molar-refractivity contribution is 6.21. The molecule has 0 N–H and O–H groups in total. The summed E-state index contributed by atoms with van der Waals surface area (Å²) in [6.45, 7) is 1.93. The number of hydrogen-bond donors (Lipinski definition) is 0. The Balaban J connectivity index is 2.12. The van der Waals surface area contributed by atoms with Crippen LogP contribution in [0.15, 0.2) is 18.2 Å². The van der Waals surface area contributed by atoms with Gasteiger partial charge < -0.3 is 0 Å². The smallest absolute Gasteiger partial charge is 0.261 e. The van der Waals surface area contributed by atoms with Crippen molar-refractivity contribution in [2.24, 2.45) is 0 Å². The minimum Gasteiger partial charge on any atom is -0.271 e. The number of aryl methyl sites for hydroxylation is 1. The van der Waals surface area contributed by atoms with E-state index < -0.39 is 0 Å². The molecule has 1 heterocycles. The molecule has 3 rings (SSSR count). The second-order valence-electron chi connectivity index (χ2n) is 4.26. The molecule has 0 atom stereocenters. The highest BCUT2D eigenvalue weighted by atomic mass is 16.2. The van der Waals surface area contributed by atoms with Gasteiger partial charge in [-0.3, -0.25) is 14.5 Å². The molecule has 1 fully saturated rings. The molecule has 2 aliphatic rings. The number of rotatable bonds is 1. The monoisotopic (exact) mass is 201 g/mol. The van der Waals surface area contributed by atoms with Crippen molar-refractivity contribution < 1.29 is 9.59 Å². The lowest BCUT2D eigenvalue weighted by Gasteiger charge is -2.11. The molecular weight excluding hydrogens is 190 g/mol. The van der Waals surface area contributed by atoms with Crippen molar-refractivity contribution >= 4 is 11.8 Å². The molecule has 0 aromatic heterocycles. The Morgan fingerprint density at radius 3 is 2.47 bits per heavy atom. The molecule has 2 amide bonds. The third kappa shape index (κ3) is 1.12. The summed E-state index contributed by atoms with van der Waals surface area (Å²) in [5.41, 5.74) is 2.16. The molecule has 0 bridgehead atoms. The normalized spacial score (nSPS) is 19.7. The fourth-order valence-electron chi connectivity index (χ4n) is 2.04. The van der Waals surface area contributed by atoms with E-state index in [-0.39, 0.29) is 17.9 Å². The summed E-state index contributed by atoms with van der Waals surface area (Å²) in [7, 11) is 0. The zero-order valence-electron chi connectivity index (χ0n) is 8.49. The number of nitrogens with zero attached hydrogens (tertiary/aromatic N) is 1. The van der Waals surface area contributed by atoms with Gasteiger partial charge in [0.15, 0.2) is 0 Å². The molecule has 0 unspecified atom stereocenters. The van der Waals surface area contributed by atoms with E-state index in [1.54, 1.807) is 12.1 Å². The molecule has 76 valence electrons. The van der Waals surface area contributed by atoms with Crippen LogP contribution in [0.2, 0.25) is 0 Å². The topological polar surface area (TPSA) is 37.4 Å². The number of amides is 2. The van der Waals surface area contributed by atoms with Crippen molar-refractivity contribution in [3.63, 3.8) is 0 Å². The summed E-state index contributed by atoms with van der Waals surface area (Å²) >= 11 is 0. The third-order valence-electron chi connectivity index (χ3n) is 2.99. The lowest BCUT2D eigenvalue weighted by molar-refractivity contribution is 0.0642. The minimum atomic E-state index is -0.113. The van der Waals surface area contributed by atoms with Gasteiger partial charge in [-0.25, -0.2) is 0 Å². The molecule has 15 heavy (non-hydrogen) atoms. The molecular formula is C12H11NO2. The Hall–Kier alpha value is -1.64. The van der Waals surface area contributed by atoms with Crippen LogP contribution >= 0.6 is 0 Å². The van der Waals surface area contributed by atoms with E-state index in [1.165, 1.54) is 4.90 Å². The van der Waals surface area contributed by atoms with Gasteiger partial charge in [0.2, 0.25) is 0 Å². The van der Waals surface area contributed by atoms with Crippen molar-refractivity contribution in [3.05, 3.63) is 34.9 Å². The maximum absolute atomic E-state index is 11.9. The zero-order valence-corrected chi connectivity index (χ0v) is 8.49. The van der Waals surface area contributed by atoms with Crippen molar-refractivity contribution in [3.8, 4) is 0 Å². The molecule has 0 saturated heterocycles. The molecule has 0 spiro atoms. The van der Waals surface area contributed by atoms with Gasteiger partial charge in [0.05, 0.1) is 11.1 Å². The summed E-state index contributed by atoms with van der Waals surface area (Å²) in [4.78, 5) is 25.3. The highest BCUT2D eigenvalue weighted by Gasteiger charge is 2.44. The SMILES string of the molecule is Cc1ccc2c(c1)C(=O)N(C1CC1)C2=O. The third-order valence-corrected chi connectivity index (χ3v) is 2.99. The molecule has 3 nitrogen and oxygen atoms in total. The van der Waals surface area contributed by atoms with Crippen LogP contribution in [0.3, 0.4) is 0 Å². The number of carbonyl (C=O) groups excluding carboxylic acids is 2. The molecule has 1 aliphatic carbocycles. The molecule has 1 saturated carbocycles. The Kier molecular flexibility index (Phi) is 1.55. The van der Waals surface area contributed by atoms with E-state index in [2.05, 4.69) is 0 Å². The predicted molar refractivity (Wildman–Crippen MR) is 54.7 cm³/mol. The van der Waals surface area contributed by atoms with E-state index in [0.717, 1.165) is 18.4 Å². The van der Waals surface area contributed by atoms with E-state index in [4.69, 9.17) is 0 Å². The highest BCUT2D eigenvalue weighted by Crippen LogP contribution is 2.34. The fourth-order valence-corrected chi connectivity index (χ4v) is 2.04. The van der Waals surface area contributed by atoms with E-state index >= 15 is 0 Å². The Morgan fingerprint density at radius 1 is 1.13 bits per heavy atom. The first-order valence-electron chi connectivity index (χ1n) is 5.17. The quantitative estimate of drug-likeness (QED) is 0.649. The Bertz CT molecular complexity index is 475. The molecule has 1 aliphatic heterocycles. The van der Waals surface area contributed by atoms with Crippen molar-refractivity contribution in [2.45, 2.75) is 25.8 Å². The number of hydrogen-bond acceptors (Lipinski definition) is 2. The van der Waals surface area contributed by atoms with Crippen LogP contribution in [0.4, 0.5) is 0 Å². The number of fused-ring (bicyclic) bond motifs is 1. The second kappa shape index (κ2) is 2.69. The lowest BCUT2D eigenvalue weighted by atomic mass is 10.1. The number of carbonyl (C=O) groups is 2. The Morgan fingerprint density at radius 2 is 1.80 bits per heavy atom. The minimum absolute atomic E-state index is 0.110. The number of imide groups is 1. The zero-order chi connectivity index (χ0) is 10.6. The van der Waals surface area contributed by atoms with E-state index in [1.807, 2.05) is 13.0 Å². The summed E-state index contributed by atoms with van der Waals surface area (Å²) in [5.74, 6) is -0.223. The van der Waals surface area contributed by atoms with Crippen LogP contribution in [-0.2, 0) is 0 Å². The average Bonchev–Trinajstić information content (AvgIpc) is 2.98. The summed E-state index contributed by atoms with van der Waals surface area (Å²) < 4.78 is 0. The first-order chi connectivity index (χ1) is 7.18. The summed E-state index contributed by atoms with van der Waals surface area (Å²) in [6, 6.07) is 5.60. The van der Waals surface area contributed by atoms with Crippen LogP contribution < -0.4 is 0 Å². The first-order valence-corrected chi connectivity index (χ1v) is 5.17. The van der Waals surface area contributed by atoms with Gasteiger partial charge in [-0.1, -0.05) is 11.6 Å². The van der Waals surface area contributed by atoms with Crippen LogP contribution in [0.1, 0.15) is 39.1 Å². The fraction of sp³-hybridized carbons (Fsp3) is 0.333. The lowest BCUT2D eigenvalue weighted by Crippen LogP contribution is -2.31. The van der Waals surface area contributed by atoms with Gasteiger partial charge in [-0.2, -0.15) is 0 Å². The van der Waals surface area contributed by atoms with Crippen molar-refractivity contribution in [1.82, 2.24) is 4.90 Å². The molecule has 1 aromatic carbocycles. The van der Waals surface area contributed by atoms with Crippen LogP contribution in [-0.4, -0.2) is 22.8 Å². The van der Waals surface area contributed by atoms with E-state index in [0.29, 0.717) is 11.1 Å². The van der Waals surface area contributed by atoms with Crippen LogP contribution in [0, 0.1) is 6.92 Å². The average molecular weight is 201 g/mol. The van der Waals surface area contributed by atoms with Gasteiger partial charge in [0.25, 0.3) is 11.8 Å². The maximum Gasteiger partial charge on any atom is 0.261 e. The van der Waals surface area contributed by atoms with Crippen LogP contribution in [0.5, 0.6) is 0 Å². The van der Waals surface area contributed by atoms with Gasteiger partial charge in [-0.15, -0.1) is 0 Å². The summed E-state index contributed by atoms with van der Waals surface area (Å²) in [6.07, 6.45) is 1.93. The van der Waals surface area contributed by atoms with E-state index in [9.17, 15) is 9.59 Å². The van der Waals surface area contributed by atoms with Gasteiger partial charge in [0, 0.05) is 6.04 Å². The van der Waals surface area contributed by atoms with Crippen LogP contribution in [0.25, 0.3) is 0 Å². The number of benzene rings is 1.